The van der Waals surface area contributed by atoms with Gasteiger partial charge < -0.3 is 5.32 Å². The Labute approximate surface area is 95.3 Å². The van der Waals surface area contributed by atoms with Gasteiger partial charge in [-0.15, -0.1) is 0 Å². The van der Waals surface area contributed by atoms with E-state index in [0.717, 1.165) is 11.3 Å². The van der Waals surface area contributed by atoms with E-state index >= 15 is 0 Å². The summed E-state index contributed by atoms with van der Waals surface area (Å²) in [5, 5.41) is 11.4. The third-order valence-electron chi connectivity index (χ3n) is 2.43. The fourth-order valence-electron chi connectivity index (χ4n) is 1.33. The number of rotatable bonds is 4. The van der Waals surface area contributed by atoms with E-state index in [2.05, 4.69) is 10.3 Å². The minimum atomic E-state index is -0.566. The van der Waals surface area contributed by atoms with Crippen molar-refractivity contribution in [2.75, 3.05) is 0 Å². The molecule has 1 atom stereocenters. The van der Waals surface area contributed by atoms with Crippen LogP contribution in [0.15, 0.2) is 18.3 Å². The topological polar surface area (TPSA) is 65.8 Å². The molecule has 0 fully saturated rings. The first kappa shape index (κ1) is 12.2. The summed E-state index contributed by atoms with van der Waals surface area (Å²) in [4.78, 5) is 15.7. The molecule has 0 aromatic carbocycles. The average molecular weight is 217 g/mol. The molecule has 0 aliphatic rings. The highest BCUT2D eigenvalue weighted by Gasteiger charge is 2.14. The molecule has 0 bridgehead atoms. The standard InChI is InChI=1S/C12H15N3O/c1-3-10(7-13)12(16)15-8-11-9(2)5-4-6-14-11/h4-6,10H,3,8H2,1-2H3,(H,15,16). The Balaban J connectivity index is 2.56. The van der Waals surface area contributed by atoms with Gasteiger partial charge in [-0.05, 0) is 25.0 Å². The molecule has 0 radical (unpaired) electrons. The lowest BCUT2D eigenvalue weighted by atomic mass is 10.1. The van der Waals surface area contributed by atoms with Crippen molar-refractivity contribution in [2.45, 2.75) is 26.8 Å². The van der Waals surface area contributed by atoms with Gasteiger partial charge in [0.05, 0.1) is 18.3 Å². The lowest BCUT2D eigenvalue weighted by Crippen LogP contribution is -2.29. The lowest BCUT2D eigenvalue weighted by molar-refractivity contribution is -0.123. The van der Waals surface area contributed by atoms with Crippen LogP contribution in [0.1, 0.15) is 24.6 Å². The molecule has 1 unspecified atom stereocenters. The van der Waals surface area contributed by atoms with E-state index in [1.54, 1.807) is 6.20 Å². The van der Waals surface area contributed by atoms with Gasteiger partial charge in [0.15, 0.2) is 0 Å². The largest absolute Gasteiger partial charge is 0.349 e. The number of nitrogens with one attached hydrogen (secondary N) is 1. The van der Waals surface area contributed by atoms with Crippen LogP contribution in [0.2, 0.25) is 0 Å². The second-order valence-corrected chi connectivity index (χ2v) is 3.57. The zero-order chi connectivity index (χ0) is 12.0. The quantitative estimate of drug-likeness (QED) is 0.832. The molecule has 0 spiro atoms. The fourth-order valence-corrected chi connectivity index (χ4v) is 1.33. The first-order valence-corrected chi connectivity index (χ1v) is 5.26. The number of carbonyl (C=O) groups is 1. The summed E-state index contributed by atoms with van der Waals surface area (Å²) in [5.74, 6) is -0.793. The third kappa shape index (κ3) is 3.06. The van der Waals surface area contributed by atoms with E-state index < -0.39 is 5.92 Å². The number of hydrogen-bond acceptors (Lipinski definition) is 3. The predicted octanol–water partition coefficient (Wildman–Crippen LogP) is 1.56. The number of nitrogens with zero attached hydrogens (tertiary/aromatic N) is 2. The Kier molecular flexibility index (Phi) is 4.46. The number of carbonyl (C=O) groups excluding carboxylic acids is 1. The van der Waals surface area contributed by atoms with Gasteiger partial charge in [-0.3, -0.25) is 9.78 Å². The zero-order valence-corrected chi connectivity index (χ0v) is 9.53. The molecule has 0 saturated heterocycles. The van der Waals surface area contributed by atoms with Crippen molar-refractivity contribution < 1.29 is 4.79 Å². The van der Waals surface area contributed by atoms with Crippen LogP contribution in [0.25, 0.3) is 0 Å². The number of amides is 1. The SMILES string of the molecule is CCC(C#N)C(=O)NCc1ncccc1C. The highest BCUT2D eigenvalue weighted by molar-refractivity contribution is 5.80. The molecule has 1 heterocycles. The van der Waals surface area contributed by atoms with E-state index in [0.29, 0.717) is 13.0 Å². The van der Waals surface area contributed by atoms with Crippen molar-refractivity contribution in [3.05, 3.63) is 29.6 Å². The molecule has 1 amide bonds. The molecule has 16 heavy (non-hydrogen) atoms. The van der Waals surface area contributed by atoms with Crippen LogP contribution in [0.3, 0.4) is 0 Å². The molecule has 1 aromatic rings. The van der Waals surface area contributed by atoms with Gasteiger partial charge in [0.1, 0.15) is 5.92 Å². The fraction of sp³-hybridized carbons (Fsp3) is 0.417. The monoisotopic (exact) mass is 217 g/mol. The second kappa shape index (κ2) is 5.86. The molecule has 1 rings (SSSR count). The van der Waals surface area contributed by atoms with Crippen LogP contribution in [0.5, 0.6) is 0 Å². The second-order valence-electron chi connectivity index (χ2n) is 3.57. The van der Waals surface area contributed by atoms with Gasteiger partial charge in [0.2, 0.25) is 5.91 Å². The maximum atomic E-state index is 11.5. The van der Waals surface area contributed by atoms with Crippen molar-refractivity contribution in [1.82, 2.24) is 10.3 Å². The predicted molar refractivity (Wildman–Crippen MR) is 60.2 cm³/mol. The van der Waals surface area contributed by atoms with Gasteiger partial charge >= 0.3 is 0 Å². The Morgan fingerprint density at radius 2 is 2.44 bits per heavy atom. The molecule has 1 aromatic heterocycles. The van der Waals surface area contributed by atoms with Gasteiger partial charge in [0, 0.05) is 6.20 Å². The Hall–Kier alpha value is -1.89. The van der Waals surface area contributed by atoms with Gasteiger partial charge in [-0.1, -0.05) is 13.0 Å². The highest BCUT2D eigenvalue weighted by atomic mass is 16.1. The van der Waals surface area contributed by atoms with Crippen LogP contribution in [0, 0.1) is 24.2 Å². The molecular weight excluding hydrogens is 202 g/mol. The number of nitriles is 1. The maximum Gasteiger partial charge on any atom is 0.237 e. The zero-order valence-electron chi connectivity index (χ0n) is 9.53. The summed E-state index contributed by atoms with van der Waals surface area (Å²) in [7, 11) is 0. The molecule has 4 nitrogen and oxygen atoms in total. The average Bonchev–Trinajstić information content (AvgIpc) is 2.29. The molecule has 0 saturated carbocycles. The van der Waals surface area contributed by atoms with Crippen molar-refractivity contribution >= 4 is 5.91 Å². The summed E-state index contributed by atoms with van der Waals surface area (Å²) < 4.78 is 0. The van der Waals surface area contributed by atoms with Crippen molar-refractivity contribution in [2.24, 2.45) is 5.92 Å². The van der Waals surface area contributed by atoms with Gasteiger partial charge in [-0.2, -0.15) is 5.26 Å². The minimum Gasteiger partial charge on any atom is -0.349 e. The minimum absolute atomic E-state index is 0.227. The lowest BCUT2D eigenvalue weighted by Gasteiger charge is -2.09. The number of hydrogen-bond donors (Lipinski definition) is 1. The normalized spacial score (nSPS) is 11.6. The smallest absolute Gasteiger partial charge is 0.237 e. The van der Waals surface area contributed by atoms with Crippen molar-refractivity contribution in [3.8, 4) is 6.07 Å². The van der Waals surface area contributed by atoms with E-state index in [1.807, 2.05) is 32.0 Å². The number of aromatic nitrogens is 1. The molecule has 4 heteroatoms. The molecule has 84 valence electrons. The van der Waals surface area contributed by atoms with Crippen LogP contribution >= 0.6 is 0 Å². The summed E-state index contributed by atoms with van der Waals surface area (Å²) >= 11 is 0. The Morgan fingerprint density at radius 1 is 1.69 bits per heavy atom. The van der Waals surface area contributed by atoms with Crippen LogP contribution < -0.4 is 5.32 Å². The van der Waals surface area contributed by atoms with E-state index in [4.69, 9.17) is 5.26 Å². The van der Waals surface area contributed by atoms with E-state index in [1.165, 1.54) is 0 Å². The Bertz CT molecular complexity index is 409. The highest BCUT2D eigenvalue weighted by Crippen LogP contribution is 2.04. The molecular formula is C12H15N3O. The van der Waals surface area contributed by atoms with E-state index in [-0.39, 0.29) is 5.91 Å². The van der Waals surface area contributed by atoms with Gasteiger partial charge in [-0.25, -0.2) is 0 Å². The maximum absolute atomic E-state index is 11.5. The molecule has 0 aliphatic carbocycles. The van der Waals surface area contributed by atoms with Crippen molar-refractivity contribution in [1.29, 1.82) is 5.26 Å². The van der Waals surface area contributed by atoms with E-state index in [9.17, 15) is 4.79 Å². The first-order valence-electron chi connectivity index (χ1n) is 5.26. The molecule has 1 N–H and O–H groups in total. The third-order valence-corrected chi connectivity index (χ3v) is 2.43. The summed E-state index contributed by atoms with van der Waals surface area (Å²) in [5.41, 5.74) is 1.87. The van der Waals surface area contributed by atoms with Crippen LogP contribution in [-0.2, 0) is 11.3 Å². The number of pyridine rings is 1. The Morgan fingerprint density at radius 3 is 3.00 bits per heavy atom. The first-order chi connectivity index (χ1) is 7.69. The summed E-state index contributed by atoms with van der Waals surface area (Å²) in [6.07, 6.45) is 2.22. The summed E-state index contributed by atoms with van der Waals surface area (Å²) in [6.45, 7) is 4.14. The van der Waals surface area contributed by atoms with Crippen molar-refractivity contribution in [3.63, 3.8) is 0 Å². The molecule has 0 aliphatic heterocycles. The van der Waals surface area contributed by atoms with Crippen LogP contribution in [0.4, 0.5) is 0 Å². The van der Waals surface area contributed by atoms with Gasteiger partial charge in [0.25, 0.3) is 0 Å². The van der Waals surface area contributed by atoms with Crippen LogP contribution in [-0.4, -0.2) is 10.9 Å². The summed E-state index contributed by atoms with van der Waals surface area (Å²) in [6, 6.07) is 5.76. The number of aryl methyl sites for hydroxylation is 1.